The van der Waals surface area contributed by atoms with Gasteiger partial charge in [0.1, 0.15) is 6.10 Å². The monoisotopic (exact) mass is 249 g/mol. The Hall–Kier alpha value is -1.46. The van der Waals surface area contributed by atoms with Crippen LogP contribution in [0.3, 0.4) is 0 Å². The molecule has 1 aromatic heterocycles. The summed E-state index contributed by atoms with van der Waals surface area (Å²) < 4.78 is 5.55. The van der Waals surface area contributed by atoms with Gasteiger partial charge in [0, 0.05) is 12.7 Å². The van der Waals surface area contributed by atoms with Crippen LogP contribution in [0.25, 0.3) is 0 Å². The van der Waals surface area contributed by atoms with Crippen LogP contribution >= 0.6 is 0 Å². The van der Waals surface area contributed by atoms with Gasteiger partial charge in [0.05, 0.1) is 17.8 Å². The van der Waals surface area contributed by atoms with Crippen LogP contribution in [0, 0.1) is 0 Å². The van der Waals surface area contributed by atoms with Crippen molar-refractivity contribution in [3.63, 3.8) is 0 Å². The Morgan fingerprint density at radius 2 is 2.44 bits per heavy atom. The largest absolute Gasteiger partial charge is 0.364 e. The Balaban J connectivity index is 1.88. The second-order valence-electron chi connectivity index (χ2n) is 4.54. The maximum absolute atomic E-state index is 12.0. The van der Waals surface area contributed by atoms with E-state index in [0.717, 1.165) is 18.5 Å². The molecular formula is C13H19N3O2. The number of rotatable bonds is 4. The Morgan fingerprint density at radius 3 is 3.06 bits per heavy atom. The molecule has 18 heavy (non-hydrogen) atoms. The fourth-order valence-corrected chi connectivity index (χ4v) is 2.08. The van der Waals surface area contributed by atoms with E-state index in [1.165, 1.54) is 0 Å². The van der Waals surface area contributed by atoms with Crippen molar-refractivity contribution in [2.75, 3.05) is 6.54 Å². The van der Waals surface area contributed by atoms with Crippen molar-refractivity contribution in [1.29, 1.82) is 0 Å². The first-order valence-corrected chi connectivity index (χ1v) is 6.27. The van der Waals surface area contributed by atoms with Gasteiger partial charge in [-0.25, -0.2) is 0 Å². The highest BCUT2D eigenvalue weighted by molar-refractivity contribution is 5.81. The first-order valence-electron chi connectivity index (χ1n) is 6.27. The van der Waals surface area contributed by atoms with Gasteiger partial charge in [-0.1, -0.05) is 6.07 Å². The van der Waals surface area contributed by atoms with Crippen LogP contribution in [0.5, 0.6) is 0 Å². The van der Waals surface area contributed by atoms with Crippen LogP contribution in [-0.2, 0) is 9.53 Å². The lowest BCUT2D eigenvalue weighted by molar-refractivity contribution is -0.132. The maximum atomic E-state index is 12.0. The van der Waals surface area contributed by atoms with Crippen molar-refractivity contribution in [3.05, 3.63) is 30.1 Å². The number of hydrogen-bond donors (Lipinski definition) is 2. The van der Waals surface area contributed by atoms with E-state index in [-0.39, 0.29) is 24.2 Å². The zero-order chi connectivity index (χ0) is 13.0. The van der Waals surface area contributed by atoms with E-state index in [4.69, 9.17) is 10.5 Å². The molecule has 0 spiro atoms. The summed E-state index contributed by atoms with van der Waals surface area (Å²) in [5.41, 5.74) is 6.37. The molecule has 1 aromatic rings. The number of nitrogens with zero attached hydrogens (tertiary/aromatic N) is 1. The number of aromatic nitrogens is 1. The van der Waals surface area contributed by atoms with Gasteiger partial charge < -0.3 is 15.8 Å². The lowest BCUT2D eigenvalue weighted by atomic mass is 10.1. The van der Waals surface area contributed by atoms with Crippen molar-refractivity contribution in [2.45, 2.75) is 38.0 Å². The molecule has 3 N–H and O–H groups in total. The molecule has 3 atom stereocenters. The third-order valence-electron chi connectivity index (χ3n) is 3.15. The molecule has 0 saturated carbocycles. The van der Waals surface area contributed by atoms with Gasteiger partial charge in [0.25, 0.3) is 0 Å². The molecule has 0 aromatic carbocycles. The molecule has 0 bridgehead atoms. The summed E-state index contributed by atoms with van der Waals surface area (Å²) in [5.74, 6) is -0.0795. The highest BCUT2D eigenvalue weighted by Crippen LogP contribution is 2.20. The van der Waals surface area contributed by atoms with Gasteiger partial charge in [0.15, 0.2) is 0 Å². The first-order chi connectivity index (χ1) is 8.70. The summed E-state index contributed by atoms with van der Waals surface area (Å²) in [6.45, 7) is 2.38. The van der Waals surface area contributed by atoms with E-state index in [0.29, 0.717) is 6.54 Å². The second kappa shape index (κ2) is 5.93. The third-order valence-corrected chi connectivity index (χ3v) is 3.15. The van der Waals surface area contributed by atoms with Gasteiger partial charge in [-0.05, 0) is 31.9 Å². The van der Waals surface area contributed by atoms with Gasteiger partial charge in [-0.2, -0.15) is 0 Å². The van der Waals surface area contributed by atoms with Gasteiger partial charge in [0.2, 0.25) is 5.91 Å². The Morgan fingerprint density at radius 1 is 1.61 bits per heavy atom. The average Bonchev–Trinajstić information content (AvgIpc) is 2.88. The van der Waals surface area contributed by atoms with Crippen molar-refractivity contribution in [2.24, 2.45) is 5.73 Å². The summed E-state index contributed by atoms with van der Waals surface area (Å²) in [7, 11) is 0. The summed E-state index contributed by atoms with van der Waals surface area (Å²) in [4.78, 5) is 16.2. The van der Waals surface area contributed by atoms with Crippen molar-refractivity contribution < 1.29 is 9.53 Å². The van der Waals surface area contributed by atoms with Crippen LogP contribution in [0.4, 0.5) is 0 Å². The van der Waals surface area contributed by atoms with Crippen LogP contribution < -0.4 is 11.1 Å². The van der Waals surface area contributed by atoms with Crippen LogP contribution in [0.15, 0.2) is 24.4 Å². The van der Waals surface area contributed by atoms with E-state index in [1.54, 1.807) is 6.20 Å². The molecule has 0 aliphatic carbocycles. The zero-order valence-electron chi connectivity index (χ0n) is 10.5. The fourth-order valence-electron chi connectivity index (χ4n) is 2.08. The topological polar surface area (TPSA) is 77.2 Å². The fraction of sp³-hybridized carbons (Fsp3) is 0.538. The van der Waals surface area contributed by atoms with Gasteiger partial charge in [-0.15, -0.1) is 0 Å². The number of carbonyl (C=O) groups is 1. The quantitative estimate of drug-likeness (QED) is 0.826. The number of nitrogens with one attached hydrogen (secondary N) is 1. The summed E-state index contributed by atoms with van der Waals surface area (Å²) in [6.07, 6.45) is 2.96. The molecule has 1 saturated heterocycles. The SMILES string of the molecule is CC(NC(=O)C1CCC(CN)O1)c1ccccn1. The lowest BCUT2D eigenvalue weighted by Gasteiger charge is -2.17. The smallest absolute Gasteiger partial charge is 0.249 e. The summed E-state index contributed by atoms with van der Waals surface area (Å²) in [6, 6.07) is 5.54. The molecule has 1 aliphatic heterocycles. The molecule has 1 fully saturated rings. The predicted molar refractivity (Wildman–Crippen MR) is 67.7 cm³/mol. The van der Waals surface area contributed by atoms with Crippen molar-refractivity contribution >= 4 is 5.91 Å². The second-order valence-corrected chi connectivity index (χ2v) is 4.54. The Bertz CT molecular complexity index is 396. The number of ether oxygens (including phenoxy) is 1. The van der Waals surface area contributed by atoms with Crippen molar-refractivity contribution in [1.82, 2.24) is 10.3 Å². The van der Waals surface area contributed by atoms with Crippen LogP contribution in [0.2, 0.25) is 0 Å². The predicted octanol–water partition coefficient (Wildman–Crippen LogP) is 0.765. The van der Waals surface area contributed by atoms with E-state index < -0.39 is 0 Å². The van der Waals surface area contributed by atoms with E-state index in [2.05, 4.69) is 10.3 Å². The average molecular weight is 249 g/mol. The molecule has 1 amide bonds. The van der Waals surface area contributed by atoms with Crippen LogP contribution in [0.1, 0.15) is 31.5 Å². The minimum absolute atomic E-state index is 0.0194. The van der Waals surface area contributed by atoms with Crippen molar-refractivity contribution in [3.8, 4) is 0 Å². The number of nitrogens with two attached hydrogens (primary N) is 1. The molecule has 0 radical (unpaired) electrons. The van der Waals surface area contributed by atoms with Crippen LogP contribution in [-0.4, -0.2) is 29.6 Å². The molecule has 2 rings (SSSR count). The third kappa shape index (κ3) is 3.05. The zero-order valence-corrected chi connectivity index (χ0v) is 10.5. The molecule has 98 valence electrons. The highest BCUT2D eigenvalue weighted by Gasteiger charge is 2.30. The van der Waals surface area contributed by atoms with E-state index in [9.17, 15) is 4.79 Å². The first kappa shape index (κ1) is 13.0. The Kier molecular flexibility index (Phi) is 4.28. The molecule has 5 heteroatoms. The number of pyridine rings is 1. The number of amides is 1. The van der Waals surface area contributed by atoms with Gasteiger partial charge in [-0.3, -0.25) is 9.78 Å². The minimum Gasteiger partial charge on any atom is -0.364 e. The molecule has 2 heterocycles. The molecule has 1 aliphatic rings. The molecule has 5 nitrogen and oxygen atoms in total. The Labute approximate surface area is 107 Å². The number of carbonyl (C=O) groups excluding carboxylic acids is 1. The number of hydrogen-bond acceptors (Lipinski definition) is 4. The highest BCUT2D eigenvalue weighted by atomic mass is 16.5. The standard InChI is InChI=1S/C13H19N3O2/c1-9(11-4-2-3-7-15-11)16-13(17)12-6-5-10(8-14)18-12/h2-4,7,9-10,12H,5-6,8,14H2,1H3,(H,16,17). The maximum Gasteiger partial charge on any atom is 0.249 e. The minimum atomic E-state index is -0.371. The van der Waals surface area contributed by atoms with Gasteiger partial charge >= 0.3 is 0 Å². The normalized spacial score (nSPS) is 24.8. The van der Waals surface area contributed by atoms with E-state index >= 15 is 0 Å². The van der Waals surface area contributed by atoms with E-state index in [1.807, 2.05) is 25.1 Å². The lowest BCUT2D eigenvalue weighted by Crippen LogP contribution is -2.37. The molecule has 3 unspecified atom stereocenters. The summed E-state index contributed by atoms with van der Waals surface area (Å²) in [5, 5.41) is 2.92. The summed E-state index contributed by atoms with van der Waals surface area (Å²) >= 11 is 0. The molecular weight excluding hydrogens is 230 g/mol.